The fourth-order valence-corrected chi connectivity index (χ4v) is 2.57. The predicted octanol–water partition coefficient (Wildman–Crippen LogP) is 4.18. The van der Waals surface area contributed by atoms with Crippen molar-refractivity contribution >= 4 is 29.1 Å². The molecule has 0 saturated carbocycles. The van der Waals surface area contributed by atoms with Crippen molar-refractivity contribution in [1.29, 1.82) is 0 Å². The van der Waals surface area contributed by atoms with Crippen LogP contribution in [0.25, 0.3) is 0 Å². The molecule has 0 spiro atoms. The maximum absolute atomic E-state index is 12.6. The number of rotatable bonds is 6. The zero-order chi connectivity index (χ0) is 18.4. The zero-order valence-corrected chi connectivity index (χ0v) is 15.5. The standard InChI is InChI=1S/C20H23ClN2O2/c1-4-14-9-6-8-12-17(14)23-19(25)20(2,3)18(24)22-13-15-10-5-7-11-16(15)21/h5-12H,4,13H2,1-3H3,(H,22,24)(H,23,25). The van der Waals surface area contributed by atoms with E-state index in [1.54, 1.807) is 19.9 Å². The third-order valence-corrected chi connectivity index (χ3v) is 4.55. The Morgan fingerprint density at radius 3 is 2.20 bits per heavy atom. The summed E-state index contributed by atoms with van der Waals surface area (Å²) in [6, 6.07) is 14.9. The maximum atomic E-state index is 12.6. The quantitative estimate of drug-likeness (QED) is 0.761. The summed E-state index contributed by atoms with van der Waals surface area (Å²) in [4.78, 5) is 25.1. The Balaban J connectivity index is 2.04. The van der Waals surface area contributed by atoms with E-state index in [2.05, 4.69) is 10.6 Å². The lowest BCUT2D eigenvalue weighted by Crippen LogP contribution is -2.45. The molecule has 2 aromatic rings. The Labute approximate surface area is 153 Å². The summed E-state index contributed by atoms with van der Waals surface area (Å²) in [6.07, 6.45) is 0.801. The number of carbonyl (C=O) groups is 2. The molecule has 132 valence electrons. The van der Waals surface area contributed by atoms with Crippen molar-refractivity contribution in [1.82, 2.24) is 5.32 Å². The van der Waals surface area contributed by atoms with Crippen LogP contribution in [0.3, 0.4) is 0 Å². The Kier molecular flexibility index (Phi) is 6.21. The number of aryl methyl sites for hydroxylation is 1. The molecule has 2 N–H and O–H groups in total. The summed E-state index contributed by atoms with van der Waals surface area (Å²) in [7, 11) is 0. The van der Waals surface area contributed by atoms with Gasteiger partial charge < -0.3 is 10.6 Å². The summed E-state index contributed by atoms with van der Waals surface area (Å²) in [5, 5.41) is 6.24. The maximum Gasteiger partial charge on any atom is 0.239 e. The fourth-order valence-electron chi connectivity index (χ4n) is 2.37. The first kappa shape index (κ1) is 19.0. The van der Waals surface area contributed by atoms with E-state index in [0.29, 0.717) is 5.02 Å². The molecule has 4 nitrogen and oxygen atoms in total. The third-order valence-electron chi connectivity index (χ3n) is 4.18. The molecule has 2 rings (SSSR count). The van der Waals surface area contributed by atoms with E-state index in [-0.39, 0.29) is 18.4 Å². The minimum Gasteiger partial charge on any atom is -0.351 e. The number of para-hydroxylation sites is 1. The van der Waals surface area contributed by atoms with E-state index in [1.165, 1.54) is 0 Å². The highest BCUT2D eigenvalue weighted by Crippen LogP contribution is 2.22. The second-order valence-corrected chi connectivity index (χ2v) is 6.77. The molecule has 25 heavy (non-hydrogen) atoms. The molecular formula is C20H23ClN2O2. The third kappa shape index (κ3) is 4.60. The van der Waals surface area contributed by atoms with Crippen molar-refractivity contribution in [2.45, 2.75) is 33.7 Å². The highest BCUT2D eigenvalue weighted by molar-refractivity contribution is 6.31. The molecule has 0 saturated heterocycles. The Hall–Kier alpha value is -2.33. The van der Waals surface area contributed by atoms with Crippen molar-refractivity contribution in [3.05, 3.63) is 64.7 Å². The summed E-state index contributed by atoms with van der Waals surface area (Å²) in [5.41, 5.74) is 1.37. The van der Waals surface area contributed by atoms with Gasteiger partial charge in [-0.2, -0.15) is 0 Å². The van der Waals surface area contributed by atoms with Gasteiger partial charge in [0.1, 0.15) is 5.41 Å². The molecular weight excluding hydrogens is 336 g/mol. The van der Waals surface area contributed by atoms with Gasteiger partial charge in [-0.1, -0.05) is 54.9 Å². The van der Waals surface area contributed by atoms with E-state index in [9.17, 15) is 9.59 Å². The van der Waals surface area contributed by atoms with Crippen molar-refractivity contribution in [2.75, 3.05) is 5.32 Å². The highest BCUT2D eigenvalue weighted by Gasteiger charge is 2.36. The molecule has 0 radical (unpaired) electrons. The first-order chi connectivity index (χ1) is 11.9. The predicted molar refractivity (Wildman–Crippen MR) is 102 cm³/mol. The van der Waals surface area contributed by atoms with Crippen molar-refractivity contribution in [3.8, 4) is 0 Å². The van der Waals surface area contributed by atoms with E-state index in [4.69, 9.17) is 11.6 Å². The number of benzene rings is 2. The van der Waals surface area contributed by atoms with Crippen LogP contribution in [0.2, 0.25) is 5.02 Å². The second-order valence-electron chi connectivity index (χ2n) is 6.36. The lowest BCUT2D eigenvalue weighted by Gasteiger charge is -2.23. The minimum absolute atomic E-state index is 0.279. The molecule has 0 aliphatic rings. The topological polar surface area (TPSA) is 58.2 Å². The molecule has 0 bridgehead atoms. The van der Waals surface area contributed by atoms with E-state index in [1.807, 2.05) is 49.4 Å². The normalized spacial score (nSPS) is 11.0. The van der Waals surface area contributed by atoms with Gasteiger partial charge in [-0.3, -0.25) is 9.59 Å². The largest absolute Gasteiger partial charge is 0.351 e. The second kappa shape index (κ2) is 8.17. The molecule has 2 aromatic carbocycles. The van der Waals surface area contributed by atoms with Gasteiger partial charge in [-0.05, 0) is 43.5 Å². The number of amides is 2. The first-order valence-electron chi connectivity index (χ1n) is 8.27. The molecule has 0 aromatic heterocycles. The monoisotopic (exact) mass is 358 g/mol. The lowest BCUT2D eigenvalue weighted by molar-refractivity contribution is -0.138. The van der Waals surface area contributed by atoms with E-state index >= 15 is 0 Å². The summed E-state index contributed by atoms with van der Waals surface area (Å²) in [5.74, 6) is -0.691. The van der Waals surface area contributed by atoms with Crippen LogP contribution in [0, 0.1) is 5.41 Å². The zero-order valence-electron chi connectivity index (χ0n) is 14.7. The lowest BCUT2D eigenvalue weighted by atomic mass is 9.90. The highest BCUT2D eigenvalue weighted by atomic mass is 35.5. The van der Waals surface area contributed by atoms with Gasteiger partial charge >= 0.3 is 0 Å². The molecule has 0 unspecified atom stereocenters. The van der Waals surface area contributed by atoms with Crippen LogP contribution in [-0.4, -0.2) is 11.8 Å². The van der Waals surface area contributed by atoms with Crippen LogP contribution < -0.4 is 10.6 Å². The number of hydrogen-bond donors (Lipinski definition) is 2. The number of anilines is 1. The van der Waals surface area contributed by atoms with Gasteiger partial charge in [0.25, 0.3) is 0 Å². The van der Waals surface area contributed by atoms with Crippen LogP contribution in [0.5, 0.6) is 0 Å². The van der Waals surface area contributed by atoms with Crippen LogP contribution in [-0.2, 0) is 22.6 Å². The minimum atomic E-state index is -1.21. The summed E-state index contributed by atoms with van der Waals surface area (Å²) in [6.45, 7) is 5.52. The fraction of sp³-hybridized carbons (Fsp3) is 0.300. The van der Waals surface area contributed by atoms with Crippen LogP contribution in [0.15, 0.2) is 48.5 Å². The molecule has 0 aliphatic heterocycles. The Bertz CT molecular complexity index is 772. The SMILES string of the molecule is CCc1ccccc1NC(=O)C(C)(C)C(=O)NCc1ccccc1Cl. The van der Waals surface area contributed by atoms with Gasteiger partial charge in [-0.15, -0.1) is 0 Å². The summed E-state index contributed by atoms with van der Waals surface area (Å²) < 4.78 is 0. The van der Waals surface area contributed by atoms with Crippen LogP contribution in [0.1, 0.15) is 31.9 Å². The molecule has 0 aliphatic carbocycles. The van der Waals surface area contributed by atoms with Gasteiger partial charge in [0.05, 0.1) is 0 Å². The van der Waals surface area contributed by atoms with Crippen molar-refractivity contribution < 1.29 is 9.59 Å². The number of halogens is 1. The summed E-state index contributed by atoms with van der Waals surface area (Å²) >= 11 is 6.09. The van der Waals surface area contributed by atoms with E-state index in [0.717, 1.165) is 23.2 Å². The Morgan fingerprint density at radius 2 is 1.56 bits per heavy atom. The number of hydrogen-bond acceptors (Lipinski definition) is 2. The van der Waals surface area contributed by atoms with Crippen LogP contribution in [0.4, 0.5) is 5.69 Å². The van der Waals surface area contributed by atoms with E-state index < -0.39 is 5.41 Å². The van der Waals surface area contributed by atoms with Crippen molar-refractivity contribution in [3.63, 3.8) is 0 Å². The van der Waals surface area contributed by atoms with Gasteiger partial charge in [0.15, 0.2) is 0 Å². The number of nitrogens with one attached hydrogen (secondary N) is 2. The van der Waals surface area contributed by atoms with Crippen molar-refractivity contribution in [2.24, 2.45) is 5.41 Å². The number of carbonyl (C=O) groups excluding carboxylic acids is 2. The van der Waals surface area contributed by atoms with Crippen LogP contribution >= 0.6 is 11.6 Å². The van der Waals surface area contributed by atoms with Gasteiger partial charge in [-0.25, -0.2) is 0 Å². The Morgan fingerprint density at radius 1 is 0.960 bits per heavy atom. The molecule has 0 atom stereocenters. The first-order valence-corrected chi connectivity index (χ1v) is 8.65. The smallest absolute Gasteiger partial charge is 0.239 e. The van der Waals surface area contributed by atoms with Gasteiger partial charge in [0, 0.05) is 17.3 Å². The average Bonchev–Trinajstić information content (AvgIpc) is 2.61. The molecule has 0 heterocycles. The molecule has 2 amide bonds. The molecule has 5 heteroatoms. The average molecular weight is 359 g/mol. The van der Waals surface area contributed by atoms with Gasteiger partial charge in [0.2, 0.25) is 11.8 Å². The molecule has 0 fully saturated rings.